The van der Waals surface area contributed by atoms with E-state index in [9.17, 15) is 4.79 Å². The molecule has 110 valence electrons. The molecule has 0 aliphatic carbocycles. The van der Waals surface area contributed by atoms with E-state index >= 15 is 0 Å². The number of carbonyl (C=O) groups is 1. The fraction of sp³-hybridized carbons (Fsp3) is 0.267. The first kappa shape index (κ1) is 14.6. The lowest BCUT2D eigenvalue weighted by atomic mass is 10.1. The van der Waals surface area contributed by atoms with Crippen molar-refractivity contribution in [1.82, 2.24) is 4.90 Å². The molecule has 0 saturated carbocycles. The zero-order valence-corrected chi connectivity index (χ0v) is 13.8. The Morgan fingerprint density at radius 1 is 1.43 bits per heavy atom. The molecule has 2 aromatic rings. The fourth-order valence-electron chi connectivity index (χ4n) is 2.47. The van der Waals surface area contributed by atoms with Crippen molar-refractivity contribution in [2.45, 2.75) is 13.0 Å². The number of amides is 1. The molecule has 0 spiro atoms. The maximum atomic E-state index is 12.2. The van der Waals surface area contributed by atoms with Gasteiger partial charge in [0.1, 0.15) is 0 Å². The van der Waals surface area contributed by atoms with Crippen LogP contribution in [0.25, 0.3) is 0 Å². The van der Waals surface area contributed by atoms with Crippen molar-refractivity contribution in [1.29, 1.82) is 0 Å². The number of carbonyl (C=O) groups excluding carboxylic acids is 1. The smallest absolute Gasteiger partial charge is 0.238 e. The zero-order valence-electron chi connectivity index (χ0n) is 11.4. The van der Waals surface area contributed by atoms with Crippen LogP contribution in [0.3, 0.4) is 0 Å². The number of hydrogen-bond donors (Lipinski definition) is 2. The van der Waals surface area contributed by atoms with Gasteiger partial charge < -0.3 is 11.1 Å². The number of nitrogens with two attached hydrogens (primary N) is 1. The number of thiophene rings is 1. The summed E-state index contributed by atoms with van der Waals surface area (Å²) in [6.07, 6.45) is 1.03. The summed E-state index contributed by atoms with van der Waals surface area (Å²) in [6.45, 7) is 2.20. The van der Waals surface area contributed by atoms with Gasteiger partial charge in [0.2, 0.25) is 5.91 Å². The molecule has 3 rings (SSSR count). The van der Waals surface area contributed by atoms with Crippen LogP contribution in [-0.2, 0) is 17.8 Å². The second-order valence-electron chi connectivity index (χ2n) is 5.12. The lowest BCUT2D eigenvalue weighted by Crippen LogP contribution is -2.36. The molecule has 1 amide bonds. The number of fused-ring (bicyclic) bond motifs is 1. The van der Waals surface area contributed by atoms with Crippen LogP contribution in [0.2, 0.25) is 0 Å². The first-order valence-corrected chi connectivity index (χ1v) is 8.41. The number of nitrogens with zero attached hydrogens (tertiary/aromatic N) is 1. The Balaban J connectivity index is 1.60. The molecule has 1 aromatic carbocycles. The highest BCUT2D eigenvalue weighted by Crippen LogP contribution is 2.26. The predicted octanol–water partition coefficient (Wildman–Crippen LogP) is 3.09. The minimum atomic E-state index is -0.000786. The Labute approximate surface area is 136 Å². The van der Waals surface area contributed by atoms with Gasteiger partial charge in [-0.15, -0.1) is 11.3 Å². The van der Waals surface area contributed by atoms with Crippen molar-refractivity contribution >= 4 is 44.5 Å². The Bertz CT molecular complexity index is 671. The van der Waals surface area contributed by atoms with Crippen molar-refractivity contribution in [3.05, 3.63) is 44.6 Å². The molecule has 0 radical (unpaired) electrons. The molecule has 3 N–H and O–H groups in total. The van der Waals surface area contributed by atoms with Crippen molar-refractivity contribution in [3.63, 3.8) is 0 Å². The third kappa shape index (κ3) is 3.45. The number of halogens is 1. The highest BCUT2D eigenvalue weighted by atomic mass is 79.9. The molecular weight excluding hydrogens is 350 g/mol. The van der Waals surface area contributed by atoms with Gasteiger partial charge in [0.05, 0.1) is 12.2 Å². The van der Waals surface area contributed by atoms with Crippen LogP contribution in [0.5, 0.6) is 0 Å². The molecule has 0 saturated heterocycles. The van der Waals surface area contributed by atoms with Crippen molar-refractivity contribution in [2.75, 3.05) is 24.1 Å². The van der Waals surface area contributed by atoms with E-state index in [4.69, 9.17) is 5.73 Å². The molecule has 1 aliphatic rings. The van der Waals surface area contributed by atoms with E-state index in [1.165, 1.54) is 10.4 Å². The van der Waals surface area contributed by atoms with Gasteiger partial charge in [-0.3, -0.25) is 9.69 Å². The summed E-state index contributed by atoms with van der Waals surface area (Å²) in [5.41, 5.74) is 8.47. The minimum absolute atomic E-state index is 0.000786. The second kappa shape index (κ2) is 6.17. The quantitative estimate of drug-likeness (QED) is 0.821. The molecule has 1 aromatic heterocycles. The van der Waals surface area contributed by atoms with Gasteiger partial charge in [0, 0.05) is 28.1 Å². The van der Waals surface area contributed by atoms with Crippen molar-refractivity contribution in [2.24, 2.45) is 0 Å². The maximum Gasteiger partial charge on any atom is 0.238 e. The molecule has 0 atom stereocenters. The molecule has 2 heterocycles. The summed E-state index contributed by atoms with van der Waals surface area (Å²) in [6, 6.07) is 7.53. The van der Waals surface area contributed by atoms with Crippen LogP contribution in [-0.4, -0.2) is 23.9 Å². The molecule has 0 bridgehead atoms. The lowest BCUT2D eigenvalue weighted by Gasteiger charge is -2.26. The van der Waals surface area contributed by atoms with Gasteiger partial charge in [-0.2, -0.15) is 0 Å². The van der Waals surface area contributed by atoms with E-state index in [2.05, 4.69) is 37.6 Å². The van der Waals surface area contributed by atoms with Crippen LogP contribution >= 0.6 is 27.3 Å². The van der Waals surface area contributed by atoms with E-state index in [0.717, 1.165) is 29.7 Å². The standard InChI is InChI=1S/C15H16BrN3OS/c16-12-7-11(17)1-2-13(12)18-15(20)9-19-5-3-14-10(8-19)4-6-21-14/h1-2,4,6-7H,3,5,8-9,17H2,(H,18,20). The van der Waals surface area contributed by atoms with Gasteiger partial charge >= 0.3 is 0 Å². The monoisotopic (exact) mass is 365 g/mol. The molecule has 0 fully saturated rings. The molecule has 1 aliphatic heterocycles. The molecular formula is C15H16BrN3OS. The predicted molar refractivity (Wildman–Crippen MR) is 90.5 cm³/mol. The number of benzene rings is 1. The van der Waals surface area contributed by atoms with Gasteiger partial charge in [-0.1, -0.05) is 0 Å². The summed E-state index contributed by atoms with van der Waals surface area (Å²) in [5, 5.41) is 5.05. The van der Waals surface area contributed by atoms with Crippen LogP contribution in [0, 0.1) is 0 Å². The van der Waals surface area contributed by atoms with Crippen molar-refractivity contribution in [3.8, 4) is 0 Å². The third-order valence-electron chi connectivity index (χ3n) is 3.52. The number of anilines is 2. The van der Waals surface area contributed by atoms with Gasteiger partial charge in [-0.25, -0.2) is 0 Å². The van der Waals surface area contributed by atoms with Gasteiger partial charge in [0.15, 0.2) is 0 Å². The van der Waals surface area contributed by atoms with Gasteiger partial charge in [-0.05, 0) is 57.6 Å². The molecule has 4 nitrogen and oxygen atoms in total. The summed E-state index contributed by atoms with van der Waals surface area (Å²) in [4.78, 5) is 15.8. The van der Waals surface area contributed by atoms with Crippen LogP contribution in [0.15, 0.2) is 34.1 Å². The number of nitrogen functional groups attached to an aromatic ring is 1. The molecule has 21 heavy (non-hydrogen) atoms. The average molecular weight is 366 g/mol. The van der Waals surface area contributed by atoms with E-state index in [1.54, 1.807) is 23.5 Å². The normalized spacial score (nSPS) is 14.7. The first-order chi connectivity index (χ1) is 10.1. The first-order valence-electron chi connectivity index (χ1n) is 6.74. The fourth-order valence-corrected chi connectivity index (χ4v) is 3.85. The third-order valence-corrected chi connectivity index (χ3v) is 5.20. The highest BCUT2D eigenvalue weighted by molar-refractivity contribution is 9.10. The minimum Gasteiger partial charge on any atom is -0.399 e. The average Bonchev–Trinajstić information content (AvgIpc) is 2.89. The maximum absolute atomic E-state index is 12.2. The van der Waals surface area contributed by atoms with E-state index in [-0.39, 0.29) is 5.91 Å². The summed E-state index contributed by atoms with van der Waals surface area (Å²) < 4.78 is 0.801. The number of hydrogen-bond acceptors (Lipinski definition) is 4. The van der Waals surface area contributed by atoms with E-state index in [0.29, 0.717) is 12.2 Å². The Morgan fingerprint density at radius 3 is 3.10 bits per heavy atom. The Kier molecular flexibility index (Phi) is 4.28. The second-order valence-corrected chi connectivity index (χ2v) is 6.97. The SMILES string of the molecule is Nc1ccc(NC(=O)CN2CCc3sccc3C2)c(Br)c1. The Morgan fingerprint density at radius 2 is 2.29 bits per heavy atom. The number of nitrogens with one attached hydrogen (secondary N) is 1. The highest BCUT2D eigenvalue weighted by Gasteiger charge is 2.19. The molecule has 6 heteroatoms. The number of rotatable bonds is 3. The van der Waals surface area contributed by atoms with Crippen LogP contribution < -0.4 is 11.1 Å². The van der Waals surface area contributed by atoms with Crippen LogP contribution in [0.4, 0.5) is 11.4 Å². The van der Waals surface area contributed by atoms with Crippen molar-refractivity contribution < 1.29 is 4.79 Å². The van der Waals surface area contributed by atoms with E-state index in [1.807, 2.05) is 6.07 Å². The molecule has 0 unspecified atom stereocenters. The van der Waals surface area contributed by atoms with E-state index < -0.39 is 0 Å². The largest absolute Gasteiger partial charge is 0.399 e. The summed E-state index contributed by atoms with van der Waals surface area (Å²) in [5.74, 6) is -0.000786. The van der Waals surface area contributed by atoms with Crippen LogP contribution in [0.1, 0.15) is 10.4 Å². The topological polar surface area (TPSA) is 58.4 Å². The summed E-state index contributed by atoms with van der Waals surface area (Å²) in [7, 11) is 0. The lowest BCUT2D eigenvalue weighted by molar-refractivity contribution is -0.117. The van der Waals surface area contributed by atoms with Gasteiger partial charge in [0.25, 0.3) is 0 Å². The zero-order chi connectivity index (χ0) is 14.8. The summed E-state index contributed by atoms with van der Waals surface area (Å²) >= 11 is 5.22. The Hall–Kier alpha value is -1.37.